The molecule has 0 aliphatic rings. The standard InChI is InChI=1S/C18H24N2/c1-13-9-5-7-11-15(13)17(19-3)18(20-4)16-12-8-6-10-14(16)2/h5-12,17-20H,1-4H3/t17-,18-/m1/s1. The molecule has 0 bridgehead atoms. The van der Waals surface area contributed by atoms with Crippen molar-refractivity contribution in [2.24, 2.45) is 0 Å². The highest BCUT2D eigenvalue weighted by Crippen LogP contribution is 2.31. The Morgan fingerprint density at radius 3 is 1.30 bits per heavy atom. The van der Waals surface area contributed by atoms with Crippen LogP contribution < -0.4 is 10.6 Å². The number of likely N-dealkylation sites (N-methyl/N-ethyl adjacent to an activating group) is 2. The second-order valence-corrected chi connectivity index (χ2v) is 5.25. The van der Waals surface area contributed by atoms with E-state index in [4.69, 9.17) is 0 Å². The lowest BCUT2D eigenvalue weighted by atomic mass is 9.89. The minimum atomic E-state index is 0.252. The summed E-state index contributed by atoms with van der Waals surface area (Å²) in [5, 5.41) is 6.95. The molecule has 20 heavy (non-hydrogen) atoms. The zero-order valence-corrected chi connectivity index (χ0v) is 12.8. The fourth-order valence-electron chi connectivity index (χ4n) is 2.87. The highest BCUT2D eigenvalue weighted by atomic mass is 15.0. The van der Waals surface area contributed by atoms with Gasteiger partial charge in [-0.05, 0) is 50.2 Å². The molecule has 2 heteroatoms. The third-order valence-corrected chi connectivity index (χ3v) is 4.00. The van der Waals surface area contributed by atoms with Crippen molar-refractivity contribution in [2.45, 2.75) is 25.9 Å². The van der Waals surface area contributed by atoms with Crippen LogP contribution in [0.15, 0.2) is 48.5 Å². The fraction of sp³-hybridized carbons (Fsp3) is 0.333. The van der Waals surface area contributed by atoms with Gasteiger partial charge in [-0.1, -0.05) is 48.5 Å². The van der Waals surface area contributed by atoms with Crippen LogP contribution in [-0.4, -0.2) is 14.1 Å². The van der Waals surface area contributed by atoms with Crippen molar-refractivity contribution >= 4 is 0 Å². The van der Waals surface area contributed by atoms with E-state index >= 15 is 0 Å². The van der Waals surface area contributed by atoms with Crippen molar-refractivity contribution in [3.05, 3.63) is 70.8 Å². The van der Waals surface area contributed by atoms with Crippen molar-refractivity contribution in [1.82, 2.24) is 10.6 Å². The summed E-state index contributed by atoms with van der Waals surface area (Å²) in [5.74, 6) is 0. The number of nitrogens with one attached hydrogen (secondary N) is 2. The zero-order valence-electron chi connectivity index (χ0n) is 12.8. The van der Waals surface area contributed by atoms with E-state index in [9.17, 15) is 0 Å². The van der Waals surface area contributed by atoms with Crippen molar-refractivity contribution < 1.29 is 0 Å². The number of benzene rings is 2. The van der Waals surface area contributed by atoms with Gasteiger partial charge in [0.25, 0.3) is 0 Å². The SMILES string of the molecule is CN[C@H](c1ccccc1C)[C@H](NC)c1ccccc1C. The lowest BCUT2D eigenvalue weighted by molar-refractivity contribution is 0.429. The van der Waals surface area contributed by atoms with E-state index in [-0.39, 0.29) is 12.1 Å². The van der Waals surface area contributed by atoms with Crippen LogP contribution in [0.25, 0.3) is 0 Å². The number of hydrogen-bond donors (Lipinski definition) is 2. The molecular weight excluding hydrogens is 244 g/mol. The Kier molecular flexibility index (Phi) is 4.94. The number of hydrogen-bond acceptors (Lipinski definition) is 2. The molecule has 0 saturated carbocycles. The van der Waals surface area contributed by atoms with Gasteiger partial charge in [0.05, 0.1) is 12.1 Å². The summed E-state index contributed by atoms with van der Waals surface area (Å²) in [6.45, 7) is 4.34. The summed E-state index contributed by atoms with van der Waals surface area (Å²) in [6.07, 6.45) is 0. The first-order valence-corrected chi connectivity index (χ1v) is 7.14. The van der Waals surface area contributed by atoms with E-state index in [1.807, 2.05) is 14.1 Å². The zero-order chi connectivity index (χ0) is 14.5. The van der Waals surface area contributed by atoms with Gasteiger partial charge in [0.15, 0.2) is 0 Å². The van der Waals surface area contributed by atoms with Crippen LogP contribution in [0.2, 0.25) is 0 Å². The Hall–Kier alpha value is -1.64. The summed E-state index contributed by atoms with van der Waals surface area (Å²) in [5.41, 5.74) is 5.33. The van der Waals surface area contributed by atoms with Crippen molar-refractivity contribution in [1.29, 1.82) is 0 Å². The molecule has 0 radical (unpaired) electrons. The molecule has 0 aliphatic heterocycles. The Morgan fingerprint density at radius 2 is 1.00 bits per heavy atom. The van der Waals surface area contributed by atoms with Crippen molar-refractivity contribution in [3.63, 3.8) is 0 Å². The van der Waals surface area contributed by atoms with Crippen LogP contribution in [0.3, 0.4) is 0 Å². The maximum absolute atomic E-state index is 3.47. The smallest absolute Gasteiger partial charge is 0.0518 e. The lowest BCUT2D eigenvalue weighted by Gasteiger charge is -2.29. The molecule has 0 aromatic heterocycles. The maximum atomic E-state index is 3.47. The Bertz CT molecular complexity index is 511. The summed E-state index contributed by atoms with van der Waals surface area (Å²) < 4.78 is 0. The molecule has 2 atom stereocenters. The second-order valence-electron chi connectivity index (χ2n) is 5.25. The van der Waals surface area contributed by atoms with Crippen LogP contribution in [0.1, 0.15) is 34.3 Å². The van der Waals surface area contributed by atoms with Crippen molar-refractivity contribution in [2.75, 3.05) is 14.1 Å². The third-order valence-electron chi connectivity index (χ3n) is 4.00. The van der Waals surface area contributed by atoms with Gasteiger partial charge in [-0.25, -0.2) is 0 Å². The van der Waals surface area contributed by atoms with Gasteiger partial charge in [-0.3, -0.25) is 0 Å². The number of rotatable bonds is 5. The molecule has 2 aromatic rings. The van der Waals surface area contributed by atoms with Crippen LogP contribution >= 0.6 is 0 Å². The van der Waals surface area contributed by atoms with Gasteiger partial charge in [0.2, 0.25) is 0 Å². The predicted octanol–water partition coefficient (Wildman–Crippen LogP) is 3.52. The maximum Gasteiger partial charge on any atom is 0.0518 e. The van der Waals surface area contributed by atoms with Gasteiger partial charge < -0.3 is 10.6 Å². The highest BCUT2D eigenvalue weighted by Gasteiger charge is 2.24. The molecular formula is C18H24N2. The van der Waals surface area contributed by atoms with E-state index in [0.717, 1.165) is 0 Å². The largest absolute Gasteiger partial charge is 0.311 e. The normalized spacial score (nSPS) is 14.0. The molecule has 0 saturated heterocycles. The Balaban J connectivity index is 2.44. The lowest BCUT2D eigenvalue weighted by Crippen LogP contribution is -2.32. The van der Waals surface area contributed by atoms with Gasteiger partial charge in [-0.15, -0.1) is 0 Å². The van der Waals surface area contributed by atoms with Gasteiger partial charge in [0.1, 0.15) is 0 Å². The topological polar surface area (TPSA) is 24.1 Å². The molecule has 0 aliphatic carbocycles. The predicted molar refractivity (Wildman–Crippen MR) is 86.0 cm³/mol. The third kappa shape index (κ3) is 2.92. The van der Waals surface area contributed by atoms with Crippen molar-refractivity contribution in [3.8, 4) is 0 Å². The van der Waals surface area contributed by atoms with E-state index in [1.165, 1.54) is 22.3 Å². The van der Waals surface area contributed by atoms with Crippen LogP contribution in [0, 0.1) is 13.8 Å². The van der Waals surface area contributed by atoms with Crippen LogP contribution in [0.4, 0.5) is 0 Å². The molecule has 0 unspecified atom stereocenters. The minimum Gasteiger partial charge on any atom is -0.311 e. The van der Waals surface area contributed by atoms with E-state index < -0.39 is 0 Å². The molecule has 2 nitrogen and oxygen atoms in total. The fourth-order valence-corrected chi connectivity index (χ4v) is 2.87. The first kappa shape index (κ1) is 14.8. The average molecular weight is 268 g/mol. The molecule has 0 amide bonds. The Morgan fingerprint density at radius 1 is 0.650 bits per heavy atom. The molecule has 0 spiro atoms. The highest BCUT2D eigenvalue weighted by molar-refractivity contribution is 5.35. The molecule has 2 rings (SSSR count). The van der Waals surface area contributed by atoms with E-state index in [1.54, 1.807) is 0 Å². The van der Waals surface area contributed by atoms with Gasteiger partial charge >= 0.3 is 0 Å². The molecule has 0 heterocycles. The van der Waals surface area contributed by atoms with Gasteiger partial charge in [-0.2, -0.15) is 0 Å². The summed E-state index contributed by atoms with van der Waals surface area (Å²) in [6, 6.07) is 17.7. The van der Waals surface area contributed by atoms with Crippen LogP contribution in [0.5, 0.6) is 0 Å². The monoisotopic (exact) mass is 268 g/mol. The quantitative estimate of drug-likeness (QED) is 0.867. The summed E-state index contributed by atoms with van der Waals surface area (Å²) in [7, 11) is 4.06. The van der Waals surface area contributed by atoms with E-state index in [0.29, 0.717) is 0 Å². The number of aryl methyl sites for hydroxylation is 2. The molecule has 2 N–H and O–H groups in total. The summed E-state index contributed by atoms with van der Waals surface area (Å²) >= 11 is 0. The van der Waals surface area contributed by atoms with Gasteiger partial charge in [0, 0.05) is 0 Å². The first-order chi connectivity index (χ1) is 9.69. The summed E-state index contributed by atoms with van der Waals surface area (Å²) in [4.78, 5) is 0. The van der Waals surface area contributed by atoms with Crippen LogP contribution in [-0.2, 0) is 0 Å². The first-order valence-electron chi connectivity index (χ1n) is 7.14. The van der Waals surface area contributed by atoms with E-state index in [2.05, 4.69) is 73.0 Å². The second kappa shape index (κ2) is 6.69. The average Bonchev–Trinajstić information content (AvgIpc) is 2.47. The molecule has 106 valence electrons. The molecule has 2 aromatic carbocycles. The Labute approximate surface area is 122 Å². The minimum absolute atomic E-state index is 0.252. The molecule has 0 fully saturated rings.